The van der Waals surface area contributed by atoms with Crippen molar-refractivity contribution in [3.63, 3.8) is 0 Å². The van der Waals surface area contributed by atoms with Gasteiger partial charge in [0.15, 0.2) is 0 Å². The average Bonchev–Trinajstić information content (AvgIpc) is 3.44. The van der Waals surface area contributed by atoms with Crippen LogP contribution in [0.15, 0.2) is 40.1 Å². The second-order valence-corrected chi connectivity index (χ2v) is 10.5. The van der Waals surface area contributed by atoms with Crippen molar-refractivity contribution in [1.82, 2.24) is 14.8 Å². The number of rotatable bonds is 9. The van der Waals surface area contributed by atoms with Crippen molar-refractivity contribution >= 4 is 44.8 Å². The zero-order chi connectivity index (χ0) is 28.0. The van der Waals surface area contributed by atoms with Crippen LogP contribution in [0.2, 0.25) is 0 Å². The number of carbonyl (C=O) groups is 2. The Balaban J connectivity index is 0.000000604. The minimum absolute atomic E-state index is 0.0878. The average molecular weight is 564 g/mol. The molecule has 0 amide bonds. The summed E-state index contributed by atoms with van der Waals surface area (Å²) in [5.74, 6) is -3.71. The van der Waals surface area contributed by atoms with E-state index in [2.05, 4.69) is 21.7 Å². The van der Waals surface area contributed by atoms with E-state index in [-0.39, 0.29) is 21.3 Å². The Hall–Kier alpha value is -3.66. The van der Waals surface area contributed by atoms with Crippen molar-refractivity contribution in [3.05, 3.63) is 52.8 Å². The lowest BCUT2D eigenvalue weighted by molar-refractivity contribution is -0.192. The molecule has 0 fully saturated rings. The summed E-state index contributed by atoms with van der Waals surface area (Å²) in [6.45, 7) is 5.14. The smallest absolute Gasteiger partial charge is 0.478 e. The van der Waals surface area contributed by atoms with Crippen molar-refractivity contribution in [2.45, 2.75) is 43.7 Å². The van der Waals surface area contributed by atoms with Gasteiger partial charge in [-0.15, -0.1) is 11.3 Å². The fourth-order valence-corrected chi connectivity index (χ4v) is 5.07. The third-order valence-corrected chi connectivity index (χ3v) is 7.31. The lowest BCUT2D eigenvalue weighted by Crippen LogP contribution is -2.23. The number of pyridine rings is 1. The van der Waals surface area contributed by atoms with Crippen LogP contribution in [-0.4, -0.2) is 58.6 Å². The zero-order valence-electron chi connectivity index (χ0n) is 19.9. The molecule has 3 N–H and O–H groups in total. The van der Waals surface area contributed by atoms with Gasteiger partial charge < -0.3 is 15.1 Å². The molecular formula is C21H24F3N5O6S2. The molecule has 0 spiro atoms. The SMILES string of the molecule is CCCn1nc(C)cc1CN(C)c1ncc(NS(=O)(=O)c2cccs2)cc1C(=O)O.O=C(O)C(F)(F)F. The summed E-state index contributed by atoms with van der Waals surface area (Å²) in [6.07, 6.45) is -2.84. The Morgan fingerprint density at radius 2 is 1.89 bits per heavy atom. The topological polar surface area (TPSA) is 155 Å². The molecule has 0 atom stereocenters. The molecule has 202 valence electrons. The molecule has 3 aromatic rings. The number of aromatic carboxylic acids is 1. The number of aryl methyl sites for hydroxylation is 2. The van der Waals surface area contributed by atoms with E-state index in [9.17, 15) is 31.5 Å². The molecule has 3 rings (SSSR count). The Labute approximate surface area is 214 Å². The van der Waals surface area contributed by atoms with Gasteiger partial charge in [0.1, 0.15) is 15.6 Å². The molecule has 0 aliphatic carbocycles. The zero-order valence-corrected chi connectivity index (χ0v) is 21.5. The second-order valence-electron chi connectivity index (χ2n) is 7.60. The molecule has 11 nitrogen and oxygen atoms in total. The van der Waals surface area contributed by atoms with Crippen LogP contribution in [0.25, 0.3) is 0 Å². The first-order valence-corrected chi connectivity index (χ1v) is 12.9. The highest BCUT2D eigenvalue weighted by Gasteiger charge is 2.38. The molecule has 16 heteroatoms. The molecule has 0 saturated heterocycles. The largest absolute Gasteiger partial charge is 0.490 e. The third kappa shape index (κ3) is 8.18. The fraction of sp³-hybridized carbons (Fsp3) is 0.333. The lowest BCUT2D eigenvalue weighted by Gasteiger charge is -2.21. The first-order valence-electron chi connectivity index (χ1n) is 10.5. The van der Waals surface area contributed by atoms with E-state index in [1.54, 1.807) is 23.4 Å². The van der Waals surface area contributed by atoms with Crippen LogP contribution >= 0.6 is 11.3 Å². The first kappa shape index (κ1) is 29.6. The molecule has 3 aromatic heterocycles. The predicted molar refractivity (Wildman–Crippen MR) is 129 cm³/mol. The number of alkyl halides is 3. The number of carboxylic acid groups (broad SMARTS) is 2. The van der Waals surface area contributed by atoms with Gasteiger partial charge in [0.2, 0.25) is 0 Å². The van der Waals surface area contributed by atoms with Gasteiger partial charge in [0, 0.05) is 13.6 Å². The van der Waals surface area contributed by atoms with E-state index in [1.807, 2.05) is 17.7 Å². The highest BCUT2D eigenvalue weighted by atomic mass is 32.2. The minimum Gasteiger partial charge on any atom is -0.478 e. The molecule has 3 heterocycles. The maximum atomic E-state index is 12.4. The molecular weight excluding hydrogens is 539 g/mol. The van der Waals surface area contributed by atoms with Gasteiger partial charge in [-0.2, -0.15) is 18.3 Å². The van der Waals surface area contributed by atoms with Crippen molar-refractivity contribution in [1.29, 1.82) is 0 Å². The highest BCUT2D eigenvalue weighted by molar-refractivity contribution is 7.94. The van der Waals surface area contributed by atoms with Gasteiger partial charge in [0.25, 0.3) is 10.0 Å². The molecule has 0 aliphatic rings. The Kier molecular flexibility index (Phi) is 9.63. The Morgan fingerprint density at radius 1 is 1.24 bits per heavy atom. The fourth-order valence-electron chi connectivity index (χ4n) is 3.05. The standard InChI is InChI=1S/C19H23N5O4S2.C2HF3O2/c1-4-7-24-15(9-13(2)21-24)12-23(3)18-16(19(25)26)10-14(11-20-18)22-30(27,28)17-6-5-8-29-17;3-2(4,5)1(6)7/h5-6,8-11,22H,4,7,12H2,1-3H3,(H,25,26);(H,6,7). The summed E-state index contributed by atoms with van der Waals surface area (Å²) < 4.78 is 61.0. The van der Waals surface area contributed by atoms with Gasteiger partial charge in [-0.25, -0.2) is 23.0 Å². The highest BCUT2D eigenvalue weighted by Crippen LogP contribution is 2.25. The summed E-state index contributed by atoms with van der Waals surface area (Å²) in [6, 6.07) is 6.34. The quantitative estimate of drug-likeness (QED) is 0.352. The van der Waals surface area contributed by atoms with Crippen LogP contribution in [0.4, 0.5) is 24.7 Å². The van der Waals surface area contributed by atoms with E-state index < -0.39 is 28.1 Å². The summed E-state index contributed by atoms with van der Waals surface area (Å²) in [7, 11) is -2.05. The van der Waals surface area contributed by atoms with Crippen molar-refractivity contribution in [3.8, 4) is 0 Å². The van der Waals surface area contributed by atoms with E-state index >= 15 is 0 Å². The third-order valence-electron chi connectivity index (χ3n) is 4.53. The van der Waals surface area contributed by atoms with Gasteiger partial charge in [0.05, 0.1) is 29.8 Å². The van der Waals surface area contributed by atoms with Crippen molar-refractivity contribution in [2.24, 2.45) is 0 Å². The normalized spacial score (nSPS) is 11.4. The van der Waals surface area contributed by atoms with Crippen LogP contribution in [-0.2, 0) is 27.9 Å². The number of aromatic nitrogens is 3. The van der Waals surface area contributed by atoms with E-state index in [1.165, 1.54) is 18.3 Å². The number of thiophene rings is 1. The van der Waals surface area contributed by atoms with Crippen LogP contribution in [0.5, 0.6) is 0 Å². The number of sulfonamides is 1. The maximum Gasteiger partial charge on any atom is 0.490 e. The van der Waals surface area contributed by atoms with E-state index in [0.29, 0.717) is 6.54 Å². The van der Waals surface area contributed by atoms with Crippen LogP contribution in [0, 0.1) is 6.92 Å². The molecule has 0 saturated carbocycles. The van der Waals surface area contributed by atoms with Crippen molar-refractivity contribution in [2.75, 3.05) is 16.7 Å². The van der Waals surface area contributed by atoms with Crippen LogP contribution < -0.4 is 9.62 Å². The first-order chi connectivity index (χ1) is 17.2. The number of nitrogens with zero attached hydrogens (tertiary/aromatic N) is 4. The molecule has 37 heavy (non-hydrogen) atoms. The number of nitrogens with one attached hydrogen (secondary N) is 1. The van der Waals surface area contributed by atoms with E-state index in [0.717, 1.165) is 35.7 Å². The summed E-state index contributed by atoms with van der Waals surface area (Å²) in [4.78, 5) is 26.7. The maximum absolute atomic E-state index is 12.4. The van der Waals surface area contributed by atoms with E-state index in [4.69, 9.17) is 9.90 Å². The molecule has 0 radical (unpaired) electrons. The number of aliphatic carboxylic acids is 1. The second kappa shape index (κ2) is 12.1. The lowest BCUT2D eigenvalue weighted by atomic mass is 10.2. The molecule has 0 bridgehead atoms. The Bertz CT molecular complexity index is 1340. The monoisotopic (exact) mass is 563 g/mol. The molecule has 0 unspecified atom stereocenters. The number of hydrogen-bond acceptors (Lipinski definition) is 8. The molecule has 0 aromatic carbocycles. The van der Waals surface area contributed by atoms with Gasteiger partial charge in [-0.1, -0.05) is 13.0 Å². The number of halogens is 3. The van der Waals surface area contributed by atoms with Crippen molar-refractivity contribution < 1.29 is 41.4 Å². The summed E-state index contributed by atoms with van der Waals surface area (Å²) in [5.41, 5.74) is 1.82. The van der Waals surface area contributed by atoms with Gasteiger partial charge in [-0.3, -0.25) is 9.40 Å². The number of anilines is 2. The Morgan fingerprint density at radius 3 is 2.41 bits per heavy atom. The van der Waals surface area contributed by atoms with Crippen LogP contribution in [0.1, 0.15) is 35.1 Å². The van der Waals surface area contributed by atoms with Gasteiger partial charge >= 0.3 is 18.1 Å². The van der Waals surface area contributed by atoms with Gasteiger partial charge in [-0.05, 0) is 36.9 Å². The summed E-state index contributed by atoms with van der Waals surface area (Å²) >= 11 is 1.07. The molecule has 0 aliphatic heterocycles. The minimum atomic E-state index is -5.08. The number of hydrogen-bond donors (Lipinski definition) is 3. The van der Waals surface area contributed by atoms with Crippen LogP contribution in [0.3, 0.4) is 0 Å². The summed E-state index contributed by atoms with van der Waals surface area (Å²) in [5, 5.41) is 22.9. The number of carboxylic acids is 2. The predicted octanol–water partition coefficient (Wildman–Crippen LogP) is 3.83.